The average Bonchev–Trinajstić information content (AvgIpc) is 2.23. The van der Waals surface area contributed by atoms with Gasteiger partial charge in [-0.05, 0) is 37.1 Å². The van der Waals surface area contributed by atoms with Crippen LogP contribution < -0.4 is 5.32 Å². The number of unbranched alkanes of at least 4 members (excludes halogenated alkanes) is 1. The number of aromatic hydroxyl groups is 1. The Hall–Kier alpha value is -1.13. The Morgan fingerprint density at radius 2 is 2.07 bits per heavy atom. The zero-order valence-corrected chi connectivity index (χ0v) is 8.54. The van der Waals surface area contributed by atoms with Crippen molar-refractivity contribution in [3.05, 3.63) is 29.6 Å². The highest BCUT2D eigenvalue weighted by Crippen LogP contribution is 2.15. The third kappa shape index (κ3) is 4.27. The Kier molecular flexibility index (Phi) is 5.07. The van der Waals surface area contributed by atoms with Crippen LogP contribution in [0, 0.1) is 5.82 Å². The summed E-state index contributed by atoms with van der Waals surface area (Å²) in [4.78, 5) is 0. The van der Waals surface area contributed by atoms with E-state index >= 15 is 0 Å². The fourth-order valence-corrected chi connectivity index (χ4v) is 1.25. The third-order valence-electron chi connectivity index (χ3n) is 2.10. The minimum absolute atomic E-state index is 0.204. The fourth-order valence-electron chi connectivity index (χ4n) is 1.25. The Labute approximate surface area is 88.6 Å². The summed E-state index contributed by atoms with van der Waals surface area (Å²) in [5, 5.41) is 20.6. The summed E-state index contributed by atoms with van der Waals surface area (Å²) in [5.41, 5.74) is 0.800. The molecule has 0 aliphatic rings. The van der Waals surface area contributed by atoms with E-state index in [-0.39, 0.29) is 12.4 Å². The molecule has 0 fully saturated rings. The zero-order chi connectivity index (χ0) is 11.1. The molecule has 0 heterocycles. The molecule has 1 aromatic carbocycles. The molecule has 15 heavy (non-hydrogen) atoms. The van der Waals surface area contributed by atoms with E-state index in [1.54, 1.807) is 6.07 Å². The largest absolute Gasteiger partial charge is 0.505 e. The van der Waals surface area contributed by atoms with E-state index < -0.39 is 5.82 Å². The predicted molar refractivity (Wildman–Crippen MR) is 56.1 cm³/mol. The topological polar surface area (TPSA) is 52.5 Å². The van der Waals surface area contributed by atoms with Crippen molar-refractivity contribution in [1.29, 1.82) is 0 Å². The Bertz CT molecular complexity index is 305. The highest BCUT2D eigenvalue weighted by molar-refractivity contribution is 5.27. The van der Waals surface area contributed by atoms with Crippen LogP contribution in [0.4, 0.5) is 4.39 Å². The zero-order valence-electron chi connectivity index (χ0n) is 8.54. The first-order valence-corrected chi connectivity index (χ1v) is 5.03. The van der Waals surface area contributed by atoms with Crippen molar-refractivity contribution in [3.63, 3.8) is 0 Å². The van der Waals surface area contributed by atoms with E-state index in [0.29, 0.717) is 6.54 Å². The summed E-state index contributed by atoms with van der Waals surface area (Å²) in [6.07, 6.45) is 1.67. The summed E-state index contributed by atoms with van der Waals surface area (Å²) in [6, 6.07) is 4.34. The predicted octanol–water partition coefficient (Wildman–Crippen LogP) is 1.39. The van der Waals surface area contributed by atoms with Gasteiger partial charge in [0.05, 0.1) is 0 Å². The van der Waals surface area contributed by atoms with Gasteiger partial charge < -0.3 is 15.5 Å². The van der Waals surface area contributed by atoms with Crippen molar-refractivity contribution in [2.75, 3.05) is 13.2 Å². The summed E-state index contributed by atoms with van der Waals surface area (Å²) in [5.74, 6) is -0.913. The van der Waals surface area contributed by atoms with Crippen LogP contribution in [0.25, 0.3) is 0 Å². The number of nitrogens with one attached hydrogen (secondary N) is 1. The van der Waals surface area contributed by atoms with E-state index in [1.807, 2.05) is 0 Å². The van der Waals surface area contributed by atoms with Crippen molar-refractivity contribution in [2.24, 2.45) is 0 Å². The maximum absolute atomic E-state index is 12.9. The van der Waals surface area contributed by atoms with Gasteiger partial charge in [0, 0.05) is 13.2 Å². The SMILES string of the molecule is OCCCCNCc1ccc(O)c(F)c1. The summed E-state index contributed by atoms with van der Waals surface area (Å²) >= 11 is 0. The molecule has 0 unspecified atom stereocenters. The summed E-state index contributed by atoms with van der Waals surface area (Å²) in [6.45, 7) is 1.57. The van der Waals surface area contributed by atoms with Crippen LogP contribution in [0.1, 0.15) is 18.4 Å². The minimum Gasteiger partial charge on any atom is -0.505 e. The molecule has 1 aromatic rings. The molecule has 84 valence electrons. The number of hydrogen-bond acceptors (Lipinski definition) is 3. The van der Waals surface area contributed by atoms with Crippen molar-refractivity contribution >= 4 is 0 Å². The number of halogens is 1. The molecule has 4 heteroatoms. The van der Waals surface area contributed by atoms with Gasteiger partial charge in [-0.2, -0.15) is 0 Å². The molecule has 0 bridgehead atoms. The number of aliphatic hydroxyl groups excluding tert-OH is 1. The van der Waals surface area contributed by atoms with Gasteiger partial charge in [-0.15, -0.1) is 0 Å². The maximum Gasteiger partial charge on any atom is 0.165 e. The molecule has 0 radical (unpaired) electrons. The lowest BCUT2D eigenvalue weighted by Gasteiger charge is -2.04. The molecule has 1 rings (SSSR count). The molecular weight excluding hydrogens is 197 g/mol. The molecule has 0 aliphatic heterocycles. The molecule has 0 saturated carbocycles. The second-order valence-electron chi connectivity index (χ2n) is 3.39. The highest BCUT2D eigenvalue weighted by Gasteiger charge is 2.00. The quantitative estimate of drug-likeness (QED) is 0.626. The number of phenols is 1. The highest BCUT2D eigenvalue weighted by atomic mass is 19.1. The summed E-state index contributed by atoms with van der Waals surface area (Å²) in [7, 11) is 0. The van der Waals surface area contributed by atoms with Crippen LogP contribution in [0.3, 0.4) is 0 Å². The number of benzene rings is 1. The number of aliphatic hydroxyl groups is 1. The van der Waals surface area contributed by atoms with Gasteiger partial charge >= 0.3 is 0 Å². The van der Waals surface area contributed by atoms with Crippen LogP contribution in [0.5, 0.6) is 5.75 Å². The van der Waals surface area contributed by atoms with Gasteiger partial charge in [-0.25, -0.2) is 4.39 Å². The maximum atomic E-state index is 12.9. The molecule has 0 saturated heterocycles. The van der Waals surface area contributed by atoms with Crippen LogP contribution in [0.15, 0.2) is 18.2 Å². The average molecular weight is 213 g/mol. The summed E-state index contributed by atoms with van der Waals surface area (Å²) < 4.78 is 12.9. The number of rotatable bonds is 6. The Balaban J connectivity index is 2.28. The number of hydrogen-bond donors (Lipinski definition) is 3. The molecule has 0 aromatic heterocycles. The molecule has 0 spiro atoms. The smallest absolute Gasteiger partial charge is 0.165 e. The minimum atomic E-state index is -0.593. The first kappa shape index (κ1) is 11.9. The Morgan fingerprint density at radius 1 is 1.27 bits per heavy atom. The first-order chi connectivity index (χ1) is 7.24. The first-order valence-electron chi connectivity index (χ1n) is 5.03. The van der Waals surface area contributed by atoms with E-state index in [0.717, 1.165) is 24.9 Å². The third-order valence-corrected chi connectivity index (χ3v) is 2.10. The van der Waals surface area contributed by atoms with E-state index in [4.69, 9.17) is 10.2 Å². The molecule has 0 amide bonds. The molecule has 0 atom stereocenters. The van der Waals surface area contributed by atoms with E-state index in [2.05, 4.69) is 5.32 Å². The normalized spacial score (nSPS) is 10.5. The molecule has 3 nitrogen and oxygen atoms in total. The van der Waals surface area contributed by atoms with Gasteiger partial charge in [0.15, 0.2) is 11.6 Å². The van der Waals surface area contributed by atoms with Crippen molar-refractivity contribution in [1.82, 2.24) is 5.32 Å². The molecule has 3 N–H and O–H groups in total. The lowest BCUT2D eigenvalue weighted by atomic mass is 10.2. The van der Waals surface area contributed by atoms with Crippen LogP contribution in [-0.2, 0) is 6.54 Å². The van der Waals surface area contributed by atoms with Gasteiger partial charge in [-0.1, -0.05) is 6.07 Å². The van der Waals surface area contributed by atoms with Gasteiger partial charge in [-0.3, -0.25) is 0 Å². The molecule has 0 aliphatic carbocycles. The van der Waals surface area contributed by atoms with Gasteiger partial charge in [0.1, 0.15) is 0 Å². The standard InChI is InChI=1S/C11H16FNO2/c12-10-7-9(3-4-11(10)15)8-13-5-1-2-6-14/h3-4,7,13-15H,1-2,5-6,8H2. The van der Waals surface area contributed by atoms with Crippen molar-refractivity contribution in [2.45, 2.75) is 19.4 Å². The van der Waals surface area contributed by atoms with Crippen LogP contribution in [-0.4, -0.2) is 23.4 Å². The lowest BCUT2D eigenvalue weighted by Crippen LogP contribution is -2.15. The Morgan fingerprint density at radius 3 is 2.73 bits per heavy atom. The fraction of sp³-hybridized carbons (Fsp3) is 0.455. The number of phenolic OH excluding ortho intramolecular Hbond substituents is 1. The van der Waals surface area contributed by atoms with E-state index in [1.165, 1.54) is 12.1 Å². The van der Waals surface area contributed by atoms with Crippen molar-refractivity contribution < 1.29 is 14.6 Å². The van der Waals surface area contributed by atoms with Gasteiger partial charge in [0.25, 0.3) is 0 Å². The van der Waals surface area contributed by atoms with E-state index in [9.17, 15) is 4.39 Å². The second-order valence-corrected chi connectivity index (χ2v) is 3.39. The van der Waals surface area contributed by atoms with Crippen LogP contribution in [0.2, 0.25) is 0 Å². The van der Waals surface area contributed by atoms with Crippen LogP contribution >= 0.6 is 0 Å². The second kappa shape index (κ2) is 6.37. The lowest BCUT2D eigenvalue weighted by molar-refractivity contribution is 0.283. The van der Waals surface area contributed by atoms with Crippen molar-refractivity contribution in [3.8, 4) is 5.75 Å². The monoisotopic (exact) mass is 213 g/mol. The molecular formula is C11H16FNO2. The van der Waals surface area contributed by atoms with Gasteiger partial charge in [0.2, 0.25) is 0 Å².